The fourth-order valence-corrected chi connectivity index (χ4v) is 7.58. The third-order valence-electron chi connectivity index (χ3n) is 10.3. The molecule has 2 aromatic rings. The number of halogens is 1. The number of ether oxygens (including phenoxy) is 1. The Morgan fingerprint density at radius 3 is 2.17 bits per heavy atom. The molecule has 3 N–H and O–H groups in total. The molecule has 2 aromatic carbocycles. The van der Waals surface area contributed by atoms with E-state index in [1.54, 1.807) is 31.3 Å². The van der Waals surface area contributed by atoms with E-state index in [-0.39, 0.29) is 42.1 Å². The number of nitrogens with one attached hydrogen (secondary N) is 2. The lowest BCUT2D eigenvalue weighted by molar-refractivity contribution is -0.166. The SMILES string of the molecule is CCCCN1C(=O)[C@@H]([C@H](O)C2CCCCC2)NC(=O)C12CCN(C(CC)c1ccc(Oc3ccc(C(=O)NC)cc3)cc1)CC2.Cl. The van der Waals surface area contributed by atoms with Crippen molar-refractivity contribution >= 4 is 30.1 Å². The number of aliphatic hydroxyl groups is 1. The topological polar surface area (TPSA) is 111 Å². The summed E-state index contributed by atoms with van der Waals surface area (Å²) in [7, 11) is 1.61. The molecule has 3 aliphatic rings. The van der Waals surface area contributed by atoms with E-state index in [9.17, 15) is 19.5 Å². The van der Waals surface area contributed by atoms with Crippen LogP contribution < -0.4 is 15.4 Å². The highest BCUT2D eigenvalue weighted by atomic mass is 35.5. The van der Waals surface area contributed by atoms with Crippen molar-refractivity contribution in [3.8, 4) is 11.5 Å². The second-order valence-corrected chi connectivity index (χ2v) is 12.9. The molecule has 5 rings (SSSR count). The van der Waals surface area contributed by atoms with Gasteiger partial charge in [0.15, 0.2) is 0 Å². The summed E-state index contributed by atoms with van der Waals surface area (Å²) in [6, 6.07) is 14.5. The average Bonchev–Trinajstić information content (AvgIpc) is 3.08. The molecular formula is C36H51ClN4O5. The molecule has 0 bridgehead atoms. The van der Waals surface area contributed by atoms with Gasteiger partial charge in [-0.1, -0.05) is 51.7 Å². The van der Waals surface area contributed by atoms with Crippen LogP contribution in [0.3, 0.4) is 0 Å². The van der Waals surface area contributed by atoms with Crippen LogP contribution in [0.2, 0.25) is 0 Å². The number of carbonyl (C=O) groups excluding carboxylic acids is 3. The first-order chi connectivity index (χ1) is 21.8. The predicted octanol–water partition coefficient (Wildman–Crippen LogP) is 5.61. The van der Waals surface area contributed by atoms with Crippen molar-refractivity contribution < 1.29 is 24.2 Å². The van der Waals surface area contributed by atoms with E-state index in [1.807, 2.05) is 17.0 Å². The second kappa shape index (κ2) is 16.1. The molecule has 3 atom stereocenters. The lowest BCUT2D eigenvalue weighted by Crippen LogP contribution is -2.75. The first kappa shape index (κ1) is 35.7. The molecule has 0 radical (unpaired) electrons. The Morgan fingerprint density at radius 1 is 1.00 bits per heavy atom. The van der Waals surface area contributed by atoms with Gasteiger partial charge in [-0.05, 0) is 86.4 Å². The van der Waals surface area contributed by atoms with Gasteiger partial charge in [0.25, 0.3) is 5.91 Å². The molecule has 1 saturated carbocycles. The molecule has 2 heterocycles. The molecule has 10 heteroatoms. The van der Waals surface area contributed by atoms with Crippen LogP contribution in [0.25, 0.3) is 0 Å². The standard InChI is InChI=1S/C36H50N4O5.ClH/c1-4-6-22-40-34(43)31(32(41)26-10-8-7-9-11-26)38-35(44)36(40)20-23-39(24-21-36)30(5-2)25-12-16-28(17-13-25)45-29-18-14-27(15-19-29)33(42)37-3;/h12-19,26,30-32,41H,4-11,20-24H2,1-3H3,(H,37,42)(H,38,44);1H/t30?,31-,32-;/m1./s1. The summed E-state index contributed by atoms with van der Waals surface area (Å²) < 4.78 is 6.02. The zero-order valence-electron chi connectivity index (χ0n) is 27.5. The number of unbranched alkanes of at least 4 members (excludes halogenated alkanes) is 1. The van der Waals surface area contributed by atoms with Gasteiger partial charge < -0.3 is 25.4 Å². The smallest absolute Gasteiger partial charge is 0.251 e. The van der Waals surface area contributed by atoms with Gasteiger partial charge in [-0.15, -0.1) is 12.4 Å². The Labute approximate surface area is 279 Å². The molecule has 2 aliphatic heterocycles. The van der Waals surface area contributed by atoms with Crippen molar-refractivity contribution in [1.82, 2.24) is 20.4 Å². The van der Waals surface area contributed by atoms with E-state index in [0.717, 1.165) is 44.9 Å². The lowest BCUT2D eigenvalue weighted by atomic mass is 9.77. The first-order valence-electron chi connectivity index (χ1n) is 17.0. The van der Waals surface area contributed by atoms with Crippen molar-refractivity contribution in [3.05, 3.63) is 59.7 Å². The van der Waals surface area contributed by atoms with Crippen LogP contribution in [0.1, 0.15) is 100 Å². The lowest BCUT2D eigenvalue weighted by Gasteiger charge is -2.53. The fourth-order valence-electron chi connectivity index (χ4n) is 7.58. The molecule has 3 fully saturated rings. The molecule has 252 valence electrons. The molecule has 9 nitrogen and oxygen atoms in total. The molecule has 1 unspecified atom stereocenters. The van der Waals surface area contributed by atoms with Gasteiger partial charge in [-0.25, -0.2) is 0 Å². The van der Waals surface area contributed by atoms with Crippen molar-refractivity contribution in [2.45, 2.75) is 102 Å². The van der Waals surface area contributed by atoms with Gasteiger partial charge in [0.05, 0.1) is 6.10 Å². The maximum atomic E-state index is 14.0. The predicted molar refractivity (Wildman–Crippen MR) is 181 cm³/mol. The maximum Gasteiger partial charge on any atom is 0.251 e. The van der Waals surface area contributed by atoms with E-state index in [2.05, 4.69) is 41.5 Å². The number of hydrogen-bond donors (Lipinski definition) is 3. The minimum absolute atomic E-state index is 0. The van der Waals surface area contributed by atoms with E-state index in [1.165, 1.54) is 12.0 Å². The zero-order chi connectivity index (χ0) is 32.0. The van der Waals surface area contributed by atoms with E-state index in [0.29, 0.717) is 49.5 Å². The van der Waals surface area contributed by atoms with Gasteiger partial charge in [-0.3, -0.25) is 19.3 Å². The number of carbonyl (C=O) groups is 3. The molecule has 2 saturated heterocycles. The summed E-state index contributed by atoms with van der Waals surface area (Å²) in [5.74, 6) is 1.09. The third kappa shape index (κ3) is 7.53. The van der Waals surface area contributed by atoms with Crippen LogP contribution >= 0.6 is 12.4 Å². The average molecular weight is 655 g/mol. The van der Waals surface area contributed by atoms with Crippen molar-refractivity contribution in [2.24, 2.45) is 5.92 Å². The zero-order valence-corrected chi connectivity index (χ0v) is 28.3. The Hall–Kier alpha value is -3.14. The quantitative estimate of drug-likeness (QED) is 0.290. The summed E-state index contributed by atoms with van der Waals surface area (Å²) >= 11 is 0. The number of benzene rings is 2. The first-order valence-corrected chi connectivity index (χ1v) is 17.0. The van der Waals surface area contributed by atoms with Crippen molar-refractivity contribution in [1.29, 1.82) is 0 Å². The monoisotopic (exact) mass is 654 g/mol. The van der Waals surface area contributed by atoms with Gasteiger partial charge in [0.1, 0.15) is 23.1 Å². The molecular weight excluding hydrogens is 604 g/mol. The van der Waals surface area contributed by atoms with Crippen molar-refractivity contribution in [2.75, 3.05) is 26.7 Å². The maximum absolute atomic E-state index is 14.0. The van der Waals surface area contributed by atoms with Crippen LogP contribution in [0.5, 0.6) is 11.5 Å². The summed E-state index contributed by atoms with van der Waals surface area (Å²) in [5.41, 5.74) is 0.891. The Kier molecular flexibility index (Phi) is 12.5. The normalized spacial score (nSPS) is 21.7. The number of likely N-dealkylation sites (tertiary alicyclic amines) is 1. The van der Waals surface area contributed by atoms with Crippen LogP contribution in [0.4, 0.5) is 0 Å². The Bertz CT molecular complexity index is 1310. The molecule has 1 spiro atoms. The third-order valence-corrected chi connectivity index (χ3v) is 10.3. The molecule has 46 heavy (non-hydrogen) atoms. The van der Waals surface area contributed by atoms with Crippen LogP contribution in [-0.4, -0.2) is 77.0 Å². The van der Waals surface area contributed by atoms with Gasteiger partial charge in [0.2, 0.25) is 11.8 Å². The summed E-state index contributed by atoms with van der Waals surface area (Å²) in [6.45, 7) is 6.23. The number of amides is 3. The van der Waals surface area contributed by atoms with Gasteiger partial charge in [-0.2, -0.15) is 0 Å². The highest BCUT2D eigenvalue weighted by Gasteiger charge is 2.55. The summed E-state index contributed by atoms with van der Waals surface area (Å²) in [5, 5.41) is 16.9. The molecule has 0 aromatic heterocycles. The number of piperidine rings is 1. The fraction of sp³-hybridized carbons (Fsp3) is 0.583. The van der Waals surface area contributed by atoms with Crippen LogP contribution in [0.15, 0.2) is 48.5 Å². The number of hydrogen-bond acceptors (Lipinski definition) is 6. The van der Waals surface area contributed by atoms with Crippen LogP contribution in [-0.2, 0) is 9.59 Å². The number of aliphatic hydroxyl groups excluding tert-OH is 1. The minimum Gasteiger partial charge on any atom is -0.457 e. The summed E-state index contributed by atoms with van der Waals surface area (Å²) in [4.78, 5) is 43.9. The van der Waals surface area contributed by atoms with E-state index < -0.39 is 17.7 Å². The number of rotatable bonds is 11. The largest absolute Gasteiger partial charge is 0.457 e. The highest BCUT2D eigenvalue weighted by Crippen LogP contribution is 2.39. The Balaban J connectivity index is 0.00000480. The van der Waals surface area contributed by atoms with E-state index in [4.69, 9.17) is 4.74 Å². The number of piperazine rings is 1. The van der Waals surface area contributed by atoms with Crippen molar-refractivity contribution in [3.63, 3.8) is 0 Å². The van der Waals surface area contributed by atoms with Gasteiger partial charge in [0, 0.05) is 38.3 Å². The van der Waals surface area contributed by atoms with E-state index >= 15 is 0 Å². The molecule has 3 amide bonds. The number of nitrogens with zero attached hydrogens (tertiary/aromatic N) is 2. The Morgan fingerprint density at radius 2 is 1.61 bits per heavy atom. The second-order valence-electron chi connectivity index (χ2n) is 12.9. The highest BCUT2D eigenvalue weighted by molar-refractivity contribution is 6.00. The van der Waals surface area contributed by atoms with Gasteiger partial charge >= 0.3 is 0 Å². The van der Waals surface area contributed by atoms with Crippen LogP contribution in [0, 0.1) is 5.92 Å². The minimum atomic E-state index is -0.866. The molecule has 1 aliphatic carbocycles. The summed E-state index contributed by atoms with van der Waals surface area (Å²) in [6.07, 6.45) is 8.12.